The lowest BCUT2D eigenvalue weighted by atomic mass is 9.44. The molecule has 3 unspecified atom stereocenters. The van der Waals surface area contributed by atoms with Crippen molar-refractivity contribution in [3.63, 3.8) is 0 Å². The molecule has 3 heteroatoms. The maximum absolute atomic E-state index is 12.8. The molecule has 0 amide bonds. The van der Waals surface area contributed by atoms with E-state index >= 15 is 0 Å². The lowest BCUT2D eigenvalue weighted by molar-refractivity contribution is -0.138. The van der Waals surface area contributed by atoms with E-state index < -0.39 is 5.97 Å². The van der Waals surface area contributed by atoms with Crippen molar-refractivity contribution in [1.82, 2.24) is 0 Å². The Morgan fingerprint density at radius 2 is 1.85 bits per heavy atom. The fraction of sp³-hybridized carbons (Fsp3) is 0.733. The molecule has 2 saturated carbocycles. The monoisotopic (exact) mass is 452 g/mol. The van der Waals surface area contributed by atoms with Gasteiger partial charge in [-0.05, 0) is 97.0 Å². The Morgan fingerprint density at radius 3 is 2.52 bits per heavy atom. The molecule has 1 N–H and O–H groups in total. The molecule has 2 fully saturated rings. The number of carbonyl (C=O) groups is 2. The fourth-order valence-corrected chi connectivity index (χ4v) is 8.61. The first-order valence-electron chi connectivity index (χ1n) is 13.1. The summed E-state index contributed by atoms with van der Waals surface area (Å²) in [6.07, 6.45) is 15.2. The highest BCUT2D eigenvalue weighted by molar-refractivity contribution is 5.86. The van der Waals surface area contributed by atoms with Crippen LogP contribution < -0.4 is 0 Å². The second-order valence-electron chi connectivity index (χ2n) is 12.9. The van der Waals surface area contributed by atoms with Crippen molar-refractivity contribution >= 4 is 11.8 Å². The molecular weight excluding hydrogens is 408 g/mol. The molecule has 0 spiro atoms. The number of carbonyl (C=O) groups excluding carboxylic acids is 1. The van der Waals surface area contributed by atoms with Crippen LogP contribution in [0.4, 0.5) is 0 Å². The SMILES string of the molecule is CC(=CCCC(C)C1CC[C@@]2(C)C3=CCC4C(C)(C)C(=O)CC[C@]4(C)C3=CC[C@]12C)C(=O)O. The summed E-state index contributed by atoms with van der Waals surface area (Å²) in [6, 6.07) is 0. The molecule has 0 aromatic carbocycles. The zero-order chi connectivity index (χ0) is 24.4. The molecule has 0 aromatic heterocycles. The molecule has 0 bridgehead atoms. The van der Waals surface area contributed by atoms with Crippen LogP contribution >= 0.6 is 0 Å². The number of aliphatic carboxylic acids is 1. The van der Waals surface area contributed by atoms with Crippen molar-refractivity contribution in [2.24, 2.45) is 39.4 Å². The summed E-state index contributed by atoms with van der Waals surface area (Å²) < 4.78 is 0. The van der Waals surface area contributed by atoms with E-state index in [1.807, 2.05) is 6.08 Å². The molecule has 0 heterocycles. The molecule has 6 atom stereocenters. The van der Waals surface area contributed by atoms with Gasteiger partial charge in [-0.2, -0.15) is 0 Å². The van der Waals surface area contributed by atoms with Gasteiger partial charge in [-0.25, -0.2) is 4.79 Å². The Kier molecular flexibility index (Phi) is 5.90. The number of hydrogen-bond donors (Lipinski definition) is 1. The molecule has 33 heavy (non-hydrogen) atoms. The van der Waals surface area contributed by atoms with Gasteiger partial charge in [-0.15, -0.1) is 0 Å². The zero-order valence-electron chi connectivity index (χ0n) is 21.9. The second kappa shape index (κ2) is 7.95. The van der Waals surface area contributed by atoms with Crippen LogP contribution in [0.1, 0.15) is 99.8 Å². The number of Topliss-reactive ketones (excluding diaryl/α,β-unsaturated/α-hetero) is 1. The Hall–Kier alpha value is -1.64. The van der Waals surface area contributed by atoms with Crippen LogP contribution in [0.3, 0.4) is 0 Å². The van der Waals surface area contributed by atoms with Gasteiger partial charge in [0, 0.05) is 17.4 Å². The highest BCUT2D eigenvalue weighted by Gasteiger charge is 2.63. The van der Waals surface area contributed by atoms with Crippen LogP contribution in [-0.2, 0) is 9.59 Å². The van der Waals surface area contributed by atoms with Crippen molar-refractivity contribution in [3.8, 4) is 0 Å². The summed E-state index contributed by atoms with van der Waals surface area (Å²) in [5.74, 6) is 1.25. The summed E-state index contributed by atoms with van der Waals surface area (Å²) in [6.45, 7) is 15.9. The number of fused-ring (bicyclic) bond motifs is 5. The minimum atomic E-state index is -0.809. The zero-order valence-corrected chi connectivity index (χ0v) is 21.9. The highest BCUT2D eigenvalue weighted by atomic mass is 16.4. The minimum Gasteiger partial charge on any atom is -0.478 e. The number of ketones is 1. The topological polar surface area (TPSA) is 54.4 Å². The van der Waals surface area contributed by atoms with Crippen molar-refractivity contribution in [2.45, 2.75) is 99.8 Å². The molecular formula is C30H44O3. The van der Waals surface area contributed by atoms with Crippen LogP contribution in [0.15, 0.2) is 34.9 Å². The molecule has 182 valence electrons. The van der Waals surface area contributed by atoms with Gasteiger partial charge >= 0.3 is 5.97 Å². The van der Waals surface area contributed by atoms with Crippen LogP contribution in [0.5, 0.6) is 0 Å². The number of carboxylic acid groups (broad SMARTS) is 1. The van der Waals surface area contributed by atoms with E-state index in [1.54, 1.807) is 18.1 Å². The molecule has 0 aliphatic heterocycles. The molecule has 0 radical (unpaired) electrons. The van der Waals surface area contributed by atoms with Crippen molar-refractivity contribution in [2.75, 3.05) is 0 Å². The van der Waals surface area contributed by atoms with Gasteiger partial charge in [0.25, 0.3) is 0 Å². The maximum atomic E-state index is 12.8. The maximum Gasteiger partial charge on any atom is 0.330 e. The van der Waals surface area contributed by atoms with Crippen LogP contribution in [0.25, 0.3) is 0 Å². The van der Waals surface area contributed by atoms with Crippen molar-refractivity contribution in [3.05, 3.63) is 34.9 Å². The predicted octanol–water partition coefficient (Wildman–Crippen LogP) is 7.53. The van der Waals surface area contributed by atoms with Crippen molar-refractivity contribution < 1.29 is 14.7 Å². The molecule has 4 aliphatic rings. The van der Waals surface area contributed by atoms with Crippen molar-refractivity contribution in [1.29, 1.82) is 0 Å². The van der Waals surface area contributed by atoms with Gasteiger partial charge in [-0.1, -0.05) is 59.8 Å². The summed E-state index contributed by atoms with van der Waals surface area (Å²) >= 11 is 0. The molecule has 0 aromatic rings. The predicted molar refractivity (Wildman–Crippen MR) is 134 cm³/mol. The first-order chi connectivity index (χ1) is 15.3. The Balaban J connectivity index is 1.62. The average molecular weight is 453 g/mol. The Labute approximate surface area is 200 Å². The van der Waals surface area contributed by atoms with E-state index in [-0.39, 0.29) is 21.7 Å². The number of hydrogen-bond acceptors (Lipinski definition) is 2. The summed E-state index contributed by atoms with van der Waals surface area (Å²) in [4.78, 5) is 23.9. The van der Waals surface area contributed by atoms with E-state index in [0.29, 0.717) is 35.5 Å². The van der Waals surface area contributed by atoms with Gasteiger partial charge in [0.1, 0.15) is 5.78 Å². The van der Waals surface area contributed by atoms with E-state index in [1.165, 1.54) is 12.8 Å². The number of carboxylic acids is 1. The molecule has 4 rings (SSSR count). The summed E-state index contributed by atoms with van der Waals surface area (Å²) in [5.41, 5.74) is 3.89. The largest absolute Gasteiger partial charge is 0.478 e. The average Bonchev–Trinajstić information content (AvgIpc) is 3.02. The van der Waals surface area contributed by atoms with E-state index in [0.717, 1.165) is 32.1 Å². The Bertz CT molecular complexity index is 950. The van der Waals surface area contributed by atoms with Gasteiger partial charge in [0.2, 0.25) is 0 Å². The normalized spacial score (nSPS) is 40.8. The van der Waals surface area contributed by atoms with Gasteiger partial charge < -0.3 is 5.11 Å². The Morgan fingerprint density at radius 1 is 1.15 bits per heavy atom. The number of rotatable bonds is 5. The lowest BCUT2D eigenvalue weighted by Gasteiger charge is -2.59. The first-order valence-corrected chi connectivity index (χ1v) is 13.1. The van der Waals surface area contributed by atoms with Crippen LogP contribution in [0.2, 0.25) is 0 Å². The van der Waals surface area contributed by atoms with E-state index in [2.05, 4.69) is 53.7 Å². The summed E-state index contributed by atoms with van der Waals surface area (Å²) in [5, 5.41) is 9.15. The standard InChI is InChI=1S/C30H44O3/c1-19(9-8-10-20(2)26(32)33)21-13-17-30(7)23-11-12-24-27(3,4)25(31)15-16-28(24,5)22(23)14-18-29(21,30)6/h10-11,14,19,21,24H,8-9,12-13,15-18H2,1-7H3,(H,32,33)/t19?,21?,24?,28-,29-,30+/m1/s1. The molecule has 3 nitrogen and oxygen atoms in total. The van der Waals surface area contributed by atoms with E-state index in [4.69, 9.17) is 5.11 Å². The quantitative estimate of drug-likeness (QED) is 0.439. The molecule has 0 saturated heterocycles. The smallest absolute Gasteiger partial charge is 0.330 e. The van der Waals surface area contributed by atoms with Crippen LogP contribution in [0, 0.1) is 39.4 Å². The number of allylic oxidation sites excluding steroid dienone is 5. The summed E-state index contributed by atoms with van der Waals surface area (Å²) in [7, 11) is 0. The van der Waals surface area contributed by atoms with Gasteiger partial charge in [-0.3, -0.25) is 4.79 Å². The third kappa shape index (κ3) is 3.43. The van der Waals surface area contributed by atoms with Crippen LogP contribution in [-0.4, -0.2) is 16.9 Å². The van der Waals surface area contributed by atoms with Gasteiger partial charge in [0.05, 0.1) is 0 Å². The third-order valence-electron chi connectivity index (χ3n) is 11.1. The molecule has 4 aliphatic carbocycles. The first kappa shape index (κ1) is 24.5. The highest BCUT2D eigenvalue weighted by Crippen LogP contribution is 2.71. The third-order valence-corrected chi connectivity index (χ3v) is 11.1. The lowest BCUT2D eigenvalue weighted by Crippen LogP contribution is -2.53. The van der Waals surface area contributed by atoms with Gasteiger partial charge in [0.15, 0.2) is 0 Å². The van der Waals surface area contributed by atoms with E-state index in [9.17, 15) is 9.59 Å². The minimum absolute atomic E-state index is 0.106. The fourth-order valence-electron chi connectivity index (χ4n) is 8.61. The second-order valence-corrected chi connectivity index (χ2v) is 12.9.